The molecule has 0 aliphatic carbocycles. The van der Waals surface area contributed by atoms with Gasteiger partial charge in [-0.1, -0.05) is 6.92 Å². The number of likely N-dealkylation sites (tertiary alicyclic amines) is 1. The summed E-state index contributed by atoms with van der Waals surface area (Å²) in [6, 6.07) is 9.51. The molecule has 3 nitrogen and oxygen atoms in total. The first-order chi connectivity index (χ1) is 8.81. The van der Waals surface area contributed by atoms with Crippen LogP contribution >= 0.6 is 0 Å². The third kappa shape index (κ3) is 3.48. The average Bonchev–Trinajstić information content (AvgIpc) is 2.40. The van der Waals surface area contributed by atoms with Gasteiger partial charge in [0.2, 0.25) is 0 Å². The summed E-state index contributed by atoms with van der Waals surface area (Å²) in [6.45, 7) is 5.59. The van der Waals surface area contributed by atoms with Crippen molar-refractivity contribution >= 4 is 0 Å². The van der Waals surface area contributed by atoms with Crippen molar-refractivity contribution in [2.75, 3.05) is 19.6 Å². The zero-order valence-electron chi connectivity index (χ0n) is 10.9. The lowest BCUT2D eigenvalue weighted by atomic mass is 10.1. The lowest BCUT2D eigenvalue weighted by molar-refractivity contribution is 0.0887. The highest BCUT2D eigenvalue weighted by molar-refractivity contribution is 5.34. The van der Waals surface area contributed by atoms with E-state index in [0.29, 0.717) is 11.7 Å². The van der Waals surface area contributed by atoms with E-state index in [1.54, 1.807) is 0 Å². The predicted molar refractivity (Wildman–Crippen MR) is 71.5 cm³/mol. The first-order valence-electron chi connectivity index (χ1n) is 6.71. The van der Waals surface area contributed by atoms with Gasteiger partial charge in [0.25, 0.3) is 0 Å². The summed E-state index contributed by atoms with van der Waals surface area (Å²) in [4.78, 5) is 2.47. The van der Waals surface area contributed by atoms with Crippen LogP contribution in [0.1, 0.15) is 31.7 Å². The van der Waals surface area contributed by atoms with Crippen LogP contribution in [-0.4, -0.2) is 30.6 Å². The molecular weight excluding hydrogens is 224 g/mol. The molecule has 1 fully saturated rings. The molecule has 2 rings (SSSR count). The van der Waals surface area contributed by atoms with Gasteiger partial charge in [-0.15, -0.1) is 0 Å². The van der Waals surface area contributed by atoms with Crippen molar-refractivity contribution in [3.8, 4) is 11.8 Å². The second-order valence-corrected chi connectivity index (χ2v) is 4.82. The molecular formula is C15H20N2O. The Bertz CT molecular complexity index is 405. The smallest absolute Gasteiger partial charge is 0.119 e. The van der Waals surface area contributed by atoms with Crippen LogP contribution in [-0.2, 0) is 0 Å². The van der Waals surface area contributed by atoms with Crippen LogP contribution < -0.4 is 4.74 Å². The Morgan fingerprint density at radius 1 is 1.39 bits per heavy atom. The Morgan fingerprint density at radius 2 is 2.17 bits per heavy atom. The minimum Gasteiger partial charge on any atom is -0.489 e. The Balaban J connectivity index is 1.90. The third-order valence-electron chi connectivity index (χ3n) is 3.29. The highest BCUT2D eigenvalue weighted by atomic mass is 16.5. The lowest BCUT2D eigenvalue weighted by Crippen LogP contribution is -2.41. The van der Waals surface area contributed by atoms with Crippen LogP contribution in [0.5, 0.6) is 5.75 Å². The molecule has 0 amide bonds. The van der Waals surface area contributed by atoms with E-state index in [1.165, 1.54) is 19.4 Å². The maximum Gasteiger partial charge on any atom is 0.119 e. The molecule has 3 heteroatoms. The number of hydrogen-bond acceptors (Lipinski definition) is 3. The molecule has 1 aromatic rings. The van der Waals surface area contributed by atoms with Gasteiger partial charge in [0, 0.05) is 6.54 Å². The van der Waals surface area contributed by atoms with E-state index in [0.717, 1.165) is 25.3 Å². The standard InChI is InChI=1S/C15H20N2O/c1-2-9-17-10-3-4-15(12-17)18-14-7-5-13(11-16)6-8-14/h5-8,15H,2-4,9-10,12H2,1H3. The predicted octanol–water partition coefficient (Wildman–Crippen LogP) is 2.81. The molecule has 0 aromatic heterocycles. The van der Waals surface area contributed by atoms with Crippen LogP contribution in [0.15, 0.2) is 24.3 Å². The quantitative estimate of drug-likeness (QED) is 0.817. The van der Waals surface area contributed by atoms with Crippen LogP contribution in [0.3, 0.4) is 0 Å². The molecule has 0 spiro atoms. The van der Waals surface area contributed by atoms with Crippen LogP contribution in [0, 0.1) is 11.3 Å². The molecule has 0 bridgehead atoms. The summed E-state index contributed by atoms with van der Waals surface area (Å²) < 4.78 is 5.98. The van der Waals surface area contributed by atoms with Gasteiger partial charge in [-0.05, 0) is 56.6 Å². The van der Waals surface area contributed by atoms with Crippen LogP contribution in [0.4, 0.5) is 0 Å². The molecule has 18 heavy (non-hydrogen) atoms. The van der Waals surface area contributed by atoms with Gasteiger partial charge >= 0.3 is 0 Å². The van der Waals surface area contributed by atoms with E-state index >= 15 is 0 Å². The van der Waals surface area contributed by atoms with E-state index in [1.807, 2.05) is 24.3 Å². The number of hydrogen-bond donors (Lipinski definition) is 0. The average molecular weight is 244 g/mol. The van der Waals surface area contributed by atoms with Gasteiger partial charge in [0.15, 0.2) is 0 Å². The Hall–Kier alpha value is -1.53. The number of ether oxygens (including phenoxy) is 1. The maximum atomic E-state index is 8.75. The Kier molecular flexibility index (Phi) is 4.60. The van der Waals surface area contributed by atoms with E-state index in [2.05, 4.69) is 17.9 Å². The summed E-state index contributed by atoms with van der Waals surface area (Å²) in [5, 5.41) is 8.75. The third-order valence-corrected chi connectivity index (χ3v) is 3.29. The van der Waals surface area contributed by atoms with Gasteiger partial charge in [0.05, 0.1) is 11.6 Å². The molecule has 1 saturated heterocycles. The Morgan fingerprint density at radius 3 is 2.83 bits per heavy atom. The minimum atomic E-state index is 0.290. The van der Waals surface area contributed by atoms with Gasteiger partial charge in [-0.25, -0.2) is 0 Å². The van der Waals surface area contributed by atoms with E-state index in [9.17, 15) is 0 Å². The summed E-state index contributed by atoms with van der Waals surface area (Å²) >= 11 is 0. The molecule has 1 aliphatic rings. The molecule has 0 radical (unpaired) electrons. The lowest BCUT2D eigenvalue weighted by Gasteiger charge is -2.32. The molecule has 96 valence electrons. The van der Waals surface area contributed by atoms with Gasteiger partial charge in [-0.2, -0.15) is 5.26 Å². The van der Waals surface area contributed by atoms with Crippen molar-refractivity contribution in [1.29, 1.82) is 5.26 Å². The SMILES string of the molecule is CCCN1CCCC(Oc2ccc(C#N)cc2)C1. The van der Waals surface area contributed by atoms with Crippen molar-refractivity contribution in [3.05, 3.63) is 29.8 Å². The normalized spacial score (nSPS) is 20.3. The fourth-order valence-electron chi connectivity index (χ4n) is 2.43. The number of rotatable bonds is 4. The minimum absolute atomic E-state index is 0.290. The summed E-state index contributed by atoms with van der Waals surface area (Å²) in [5.74, 6) is 0.873. The van der Waals surface area contributed by atoms with E-state index in [-0.39, 0.29) is 0 Å². The van der Waals surface area contributed by atoms with Gasteiger partial charge in [-0.3, -0.25) is 4.90 Å². The zero-order valence-corrected chi connectivity index (χ0v) is 10.9. The fourth-order valence-corrected chi connectivity index (χ4v) is 2.43. The van der Waals surface area contributed by atoms with Crippen molar-refractivity contribution in [3.63, 3.8) is 0 Å². The first-order valence-corrected chi connectivity index (χ1v) is 6.71. The number of benzene rings is 1. The van der Waals surface area contributed by atoms with Crippen molar-refractivity contribution < 1.29 is 4.74 Å². The Labute approximate surface area is 109 Å². The second kappa shape index (κ2) is 6.42. The van der Waals surface area contributed by atoms with E-state index in [4.69, 9.17) is 10.00 Å². The molecule has 1 aromatic carbocycles. The summed E-state index contributed by atoms with van der Waals surface area (Å²) in [6.07, 6.45) is 3.82. The number of nitriles is 1. The molecule has 1 heterocycles. The fraction of sp³-hybridized carbons (Fsp3) is 0.533. The molecule has 0 N–H and O–H groups in total. The monoisotopic (exact) mass is 244 g/mol. The van der Waals surface area contributed by atoms with Gasteiger partial charge < -0.3 is 4.74 Å². The molecule has 1 aliphatic heterocycles. The number of piperidine rings is 1. The highest BCUT2D eigenvalue weighted by Crippen LogP contribution is 2.19. The largest absolute Gasteiger partial charge is 0.489 e. The van der Waals surface area contributed by atoms with Crippen molar-refractivity contribution in [2.24, 2.45) is 0 Å². The maximum absolute atomic E-state index is 8.75. The van der Waals surface area contributed by atoms with Crippen molar-refractivity contribution in [2.45, 2.75) is 32.3 Å². The molecule has 1 atom stereocenters. The van der Waals surface area contributed by atoms with Crippen molar-refractivity contribution in [1.82, 2.24) is 4.90 Å². The molecule has 1 unspecified atom stereocenters. The number of nitrogens with zero attached hydrogens (tertiary/aromatic N) is 2. The highest BCUT2D eigenvalue weighted by Gasteiger charge is 2.20. The van der Waals surface area contributed by atoms with Crippen LogP contribution in [0.2, 0.25) is 0 Å². The first kappa shape index (κ1) is 12.9. The zero-order chi connectivity index (χ0) is 12.8. The van der Waals surface area contributed by atoms with Gasteiger partial charge in [0.1, 0.15) is 11.9 Å². The van der Waals surface area contributed by atoms with Crippen LogP contribution in [0.25, 0.3) is 0 Å². The summed E-state index contributed by atoms with van der Waals surface area (Å²) in [7, 11) is 0. The molecule has 0 saturated carbocycles. The summed E-state index contributed by atoms with van der Waals surface area (Å²) in [5.41, 5.74) is 0.679. The van der Waals surface area contributed by atoms with E-state index < -0.39 is 0 Å². The second-order valence-electron chi connectivity index (χ2n) is 4.82. The topological polar surface area (TPSA) is 36.3 Å².